The van der Waals surface area contributed by atoms with Crippen molar-refractivity contribution in [2.24, 2.45) is 7.05 Å². The standard InChI is InChI=1S/C10H7F3N2O2S/c1-15-5(4-8(14-15)10(11,12)13)6-2-3-7(18-6)9(16)17/h2-4H,1H3,(H,16,17)/p-1. The molecule has 0 aromatic carbocycles. The van der Waals surface area contributed by atoms with Crippen LogP contribution in [0.2, 0.25) is 0 Å². The van der Waals surface area contributed by atoms with Gasteiger partial charge in [0, 0.05) is 7.05 Å². The summed E-state index contributed by atoms with van der Waals surface area (Å²) in [5.74, 6) is -1.36. The third kappa shape index (κ3) is 2.23. The lowest BCUT2D eigenvalue weighted by Gasteiger charge is -1.99. The minimum atomic E-state index is -4.52. The highest BCUT2D eigenvalue weighted by atomic mass is 32.1. The van der Waals surface area contributed by atoms with Crippen LogP contribution in [0, 0.1) is 0 Å². The van der Waals surface area contributed by atoms with E-state index in [4.69, 9.17) is 0 Å². The van der Waals surface area contributed by atoms with E-state index < -0.39 is 17.8 Å². The van der Waals surface area contributed by atoms with Gasteiger partial charge in [-0.05, 0) is 18.2 Å². The minimum Gasteiger partial charge on any atom is -0.544 e. The zero-order valence-corrected chi connectivity index (χ0v) is 9.80. The van der Waals surface area contributed by atoms with Crippen LogP contribution < -0.4 is 5.11 Å². The fraction of sp³-hybridized carbons (Fsp3) is 0.200. The van der Waals surface area contributed by atoms with E-state index in [1.165, 1.54) is 19.2 Å². The van der Waals surface area contributed by atoms with Crippen LogP contribution in [0.3, 0.4) is 0 Å². The first-order valence-electron chi connectivity index (χ1n) is 4.72. The number of hydrogen-bond acceptors (Lipinski definition) is 4. The fourth-order valence-electron chi connectivity index (χ4n) is 1.42. The molecule has 0 bridgehead atoms. The Morgan fingerprint density at radius 3 is 2.56 bits per heavy atom. The Morgan fingerprint density at radius 2 is 2.11 bits per heavy atom. The molecule has 0 aliphatic heterocycles. The zero-order chi connectivity index (χ0) is 13.5. The predicted molar refractivity (Wildman–Crippen MR) is 55.9 cm³/mol. The summed E-state index contributed by atoms with van der Waals surface area (Å²) in [4.78, 5) is 10.9. The number of hydrogen-bond donors (Lipinski definition) is 0. The fourth-order valence-corrected chi connectivity index (χ4v) is 2.31. The molecule has 0 aliphatic rings. The first-order chi connectivity index (χ1) is 8.29. The number of aromatic carboxylic acids is 1. The van der Waals surface area contributed by atoms with Gasteiger partial charge in [0.2, 0.25) is 0 Å². The van der Waals surface area contributed by atoms with Crippen LogP contribution >= 0.6 is 11.3 Å². The molecule has 0 fully saturated rings. The van der Waals surface area contributed by atoms with Crippen molar-refractivity contribution in [2.75, 3.05) is 0 Å². The van der Waals surface area contributed by atoms with Crippen LogP contribution in [-0.2, 0) is 13.2 Å². The van der Waals surface area contributed by atoms with Crippen LogP contribution in [0.4, 0.5) is 13.2 Å². The molecule has 0 spiro atoms. The lowest BCUT2D eigenvalue weighted by atomic mass is 10.3. The molecule has 0 saturated carbocycles. The third-order valence-corrected chi connectivity index (χ3v) is 3.32. The van der Waals surface area contributed by atoms with Crippen molar-refractivity contribution in [3.63, 3.8) is 0 Å². The summed E-state index contributed by atoms with van der Waals surface area (Å²) < 4.78 is 38.4. The number of nitrogens with zero attached hydrogens (tertiary/aromatic N) is 2. The van der Waals surface area contributed by atoms with Gasteiger partial charge in [-0.3, -0.25) is 4.68 Å². The molecule has 0 atom stereocenters. The normalized spacial score (nSPS) is 11.8. The first kappa shape index (κ1) is 12.6. The Hall–Kier alpha value is -1.83. The van der Waals surface area contributed by atoms with Gasteiger partial charge in [0.15, 0.2) is 5.69 Å². The van der Waals surface area contributed by atoms with Gasteiger partial charge in [-0.15, -0.1) is 11.3 Å². The second-order valence-electron chi connectivity index (χ2n) is 3.49. The Bertz CT molecular complexity index is 601. The summed E-state index contributed by atoms with van der Waals surface area (Å²) in [6.45, 7) is 0. The Kier molecular flexibility index (Phi) is 2.89. The predicted octanol–water partition coefficient (Wildman–Crippen LogP) is 1.53. The lowest BCUT2D eigenvalue weighted by Crippen LogP contribution is -2.20. The van der Waals surface area contributed by atoms with E-state index in [0.29, 0.717) is 4.88 Å². The van der Waals surface area contributed by atoms with E-state index in [1.54, 1.807) is 0 Å². The smallest absolute Gasteiger partial charge is 0.435 e. The van der Waals surface area contributed by atoms with E-state index in [9.17, 15) is 23.1 Å². The van der Waals surface area contributed by atoms with Crippen LogP contribution in [0.5, 0.6) is 0 Å². The summed E-state index contributed by atoms with van der Waals surface area (Å²) in [5, 5.41) is 13.9. The van der Waals surface area contributed by atoms with E-state index in [0.717, 1.165) is 22.1 Å². The number of rotatable bonds is 2. The molecule has 0 unspecified atom stereocenters. The number of carboxylic acids is 1. The van der Waals surface area contributed by atoms with Gasteiger partial charge in [0.25, 0.3) is 0 Å². The van der Waals surface area contributed by atoms with Gasteiger partial charge in [-0.1, -0.05) is 0 Å². The molecule has 8 heteroatoms. The number of aryl methyl sites for hydroxylation is 1. The van der Waals surface area contributed by atoms with Crippen molar-refractivity contribution in [1.29, 1.82) is 0 Å². The molecule has 0 aliphatic carbocycles. The average molecular weight is 275 g/mol. The van der Waals surface area contributed by atoms with Crippen LogP contribution in [0.1, 0.15) is 15.4 Å². The Morgan fingerprint density at radius 1 is 1.44 bits per heavy atom. The zero-order valence-electron chi connectivity index (χ0n) is 8.99. The van der Waals surface area contributed by atoms with Crippen molar-refractivity contribution in [3.8, 4) is 10.6 Å². The summed E-state index contributed by atoms with van der Waals surface area (Å²) in [6, 6.07) is 3.59. The monoisotopic (exact) mass is 275 g/mol. The van der Waals surface area contributed by atoms with Crippen LogP contribution in [-0.4, -0.2) is 15.7 Å². The number of carbonyl (C=O) groups excluding carboxylic acids is 1. The van der Waals surface area contributed by atoms with Gasteiger partial charge < -0.3 is 9.90 Å². The maximum absolute atomic E-state index is 12.5. The van der Waals surface area contributed by atoms with Crippen molar-refractivity contribution < 1.29 is 23.1 Å². The largest absolute Gasteiger partial charge is 0.544 e. The number of aromatic nitrogens is 2. The van der Waals surface area contributed by atoms with Gasteiger partial charge in [0.05, 0.1) is 21.4 Å². The Balaban J connectivity index is 2.44. The molecule has 18 heavy (non-hydrogen) atoms. The number of thiophene rings is 1. The van der Waals surface area contributed by atoms with Crippen LogP contribution in [0.25, 0.3) is 10.6 Å². The molecular formula is C10H6F3N2O2S-. The van der Waals surface area contributed by atoms with E-state index >= 15 is 0 Å². The number of halogens is 3. The van der Waals surface area contributed by atoms with Gasteiger partial charge >= 0.3 is 6.18 Å². The maximum Gasteiger partial charge on any atom is 0.435 e. The number of carboxylic acid groups (broad SMARTS) is 1. The molecule has 2 aromatic rings. The first-order valence-corrected chi connectivity index (χ1v) is 5.53. The second kappa shape index (κ2) is 4.13. The SMILES string of the molecule is Cn1nc(C(F)(F)F)cc1-c1ccc(C(=O)[O-])s1. The lowest BCUT2D eigenvalue weighted by molar-refractivity contribution is -0.254. The van der Waals surface area contributed by atoms with Crippen molar-refractivity contribution in [3.05, 3.63) is 28.8 Å². The van der Waals surface area contributed by atoms with Crippen molar-refractivity contribution in [2.45, 2.75) is 6.18 Å². The average Bonchev–Trinajstić information content (AvgIpc) is 2.81. The Labute approximate surface area is 103 Å². The highest BCUT2D eigenvalue weighted by Gasteiger charge is 2.34. The summed E-state index contributed by atoms with van der Waals surface area (Å²) in [7, 11) is 1.36. The van der Waals surface area contributed by atoms with Crippen molar-refractivity contribution >= 4 is 17.3 Å². The summed E-state index contributed by atoms with van der Waals surface area (Å²) >= 11 is 0.842. The van der Waals surface area contributed by atoms with Crippen LogP contribution in [0.15, 0.2) is 18.2 Å². The van der Waals surface area contributed by atoms with Gasteiger partial charge in [0.1, 0.15) is 0 Å². The molecule has 0 N–H and O–H groups in total. The van der Waals surface area contributed by atoms with E-state index in [-0.39, 0.29) is 10.6 Å². The highest BCUT2D eigenvalue weighted by molar-refractivity contribution is 7.17. The molecule has 4 nitrogen and oxygen atoms in total. The quantitative estimate of drug-likeness (QED) is 0.835. The number of alkyl halides is 3. The second-order valence-corrected chi connectivity index (χ2v) is 4.57. The summed E-state index contributed by atoms with van der Waals surface area (Å²) in [6.07, 6.45) is -4.52. The molecule has 96 valence electrons. The third-order valence-electron chi connectivity index (χ3n) is 2.23. The van der Waals surface area contributed by atoms with Crippen molar-refractivity contribution in [1.82, 2.24) is 9.78 Å². The molecule has 0 saturated heterocycles. The topological polar surface area (TPSA) is 58.0 Å². The molecule has 2 aromatic heterocycles. The molecule has 2 rings (SSSR count). The summed E-state index contributed by atoms with van der Waals surface area (Å²) in [5.41, 5.74) is -0.803. The molecule has 0 amide bonds. The minimum absolute atomic E-state index is 0.0419. The van der Waals surface area contributed by atoms with Gasteiger partial charge in [-0.25, -0.2) is 0 Å². The van der Waals surface area contributed by atoms with E-state index in [2.05, 4.69) is 5.10 Å². The molecule has 2 heterocycles. The highest BCUT2D eigenvalue weighted by Crippen LogP contribution is 2.33. The maximum atomic E-state index is 12.5. The number of carbonyl (C=O) groups is 1. The molecular weight excluding hydrogens is 269 g/mol. The molecule has 0 radical (unpaired) electrons. The van der Waals surface area contributed by atoms with E-state index in [1.807, 2.05) is 0 Å². The van der Waals surface area contributed by atoms with Gasteiger partial charge in [-0.2, -0.15) is 18.3 Å².